The first-order valence-corrected chi connectivity index (χ1v) is 6.43. The van der Waals surface area contributed by atoms with Crippen LogP contribution in [0.2, 0.25) is 0 Å². The van der Waals surface area contributed by atoms with Crippen molar-refractivity contribution in [2.24, 2.45) is 5.73 Å². The number of rotatable bonds is 4. The van der Waals surface area contributed by atoms with Gasteiger partial charge in [-0.15, -0.1) is 12.4 Å². The fourth-order valence-electron chi connectivity index (χ4n) is 2.16. The molecule has 0 spiro atoms. The molecular formula is C14H21ClN2O2. The molecule has 2 rings (SSSR count). The normalized spacial score (nSPS) is 18.5. The first-order valence-electron chi connectivity index (χ1n) is 6.43. The lowest BCUT2D eigenvalue weighted by Crippen LogP contribution is -2.34. The quantitative estimate of drug-likeness (QED) is 0.886. The average molecular weight is 285 g/mol. The lowest BCUT2D eigenvalue weighted by molar-refractivity contribution is -0.123. The van der Waals surface area contributed by atoms with Crippen LogP contribution in [0.4, 0.5) is 0 Å². The highest BCUT2D eigenvalue weighted by molar-refractivity contribution is 5.85. The Hall–Kier alpha value is -1.26. The summed E-state index contributed by atoms with van der Waals surface area (Å²) in [6.45, 7) is 3.17. The molecule has 2 unspecified atom stereocenters. The number of carbonyl (C=O) groups excluding carboxylic acids is 1. The smallest absolute Gasteiger partial charge is 0.227 e. The second kappa shape index (κ2) is 7.36. The number of carbonyl (C=O) groups is 1. The molecule has 106 valence electrons. The van der Waals surface area contributed by atoms with Gasteiger partial charge in [0, 0.05) is 18.2 Å². The van der Waals surface area contributed by atoms with E-state index in [-0.39, 0.29) is 30.3 Å². The summed E-state index contributed by atoms with van der Waals surface area (Å²) in [5, 5.41) is 2.95. The van der Waals surface area contributed by atoms with E-state index in [1.807, 2.05) is 31.2 Å². The van der Waals surface area contributed by atoms with Crippen LogP contribution < -0.4 is 15.8 Å². The lowest BCUT2D eigenvalue weighted by atomic mass is 9.92. The van der Waals surface area contributed by atoms with E-state index < -0.39 is 0 Å². The van der Waals surface area contributed by atoms with E-state index in [2.05, 4.69) is 5.32 Å². The molecule has 1 aliphatic heterocycles. The van der Waals surface area contributed by atoms with Crippen LogP contribution in [0.15, 0.2) is 24.3 Å². The summed E-state index contributed by atoms with van der Waals surface area (Å²) in [6.07, 6.45) is 1.54. The summed E-state index contributed by atoms with van der Waals surface area (Å²) in [5.74, 6) is 0.811. The predicted octanol–water partition coefficient (Wildman–Crippen LogP) is 1.83. The zero-order valence-electron chi connectivity index (χ0n) is 11.1. The van der Waals surface area contributed by atoms with Gasteiger partial charge in [0.15, 0.2) is 0 Å². The summed E-state index contributed by atoms with van der Waals surface area (Å²) in [6, 6.07) is 7.86. The first kappa shape index (κ1) is 15.8. The fraction of sp³-hybridized carbons (Fsp3) is 0.500. The molecule has 0 aliphatic carbocycles. The zero-order valence-corrected chi connectivity index (χ0v) is 11.9. The van der Waals surface area contributed by atoms with Gasteiger partial charge in [-0.3, -0.25) is 4.79 Å². The lowest BCUT2D eigenvalue weighted by Gasteiger charge is -2.25. The van der Waals surface area contributed by atoms with E-state index in [1.165, 1.54) is 0 Å². The minimum Gasteiger partial charge on any atom is -0.493 e. The zero-order chi connectivity index (χ0) is 13.0. The molecule has 3 N–H and O–H groups in total. The molecular weight excluding hydrogens is 264 g/mol. The highest BCUT2D eigenvalue weighted by Gasteiger charge is 2.26. The van der Waals surface area contributed by atoms with Gasteiger partial charge in [-0.05, 0) is 25.8 Å². The van der Waals surface area contributed by atoms with Crippen LogP contribution in [0.25, 0.3) is 0 Å². The number of para-hydroxylation sites is 1. The molecule has 2 atom stereocenters. The van der Waals surface area contributed by atoms with Gasteiger partial charge < -0.3 is 15.8 Å². The number of hydrogen-bond donors (Lipinski definition) is 2. The van der Waals surface area contributed by atoms with Crippen molar-refractivity contribution >= 4 is 18.3 Å². The first-order chi connectivity index (χ1) is 8.68. The van der Waals surface area contributed by atoms with Crippen LogP contribution in [0, 0.1) is 0 Å². The molecule has 1 heterocycles. The molecule has 1 aliphatic rings. The molecule has 0 saturated carbocycles. The number of benzene rings is 1. The number of ether oxygens (including phenoxy) is 1. The third kappa shape index (κ3) is 4.11. The molecule has 1 aromatic rings. The van der Waals surface area contributed by atoms with Crippen molar-refractivity contribution in [1.29, 1.82) is 0 Å². The summed E-state index contributed by atoms with van der Waals surface area (Å²) < 4.78 is 5.55. The monoisotopic (exact) mass is 284 g/mol. The number of amides is 1. The van der Waals surface area contributed by atoms with Crippen LogP contribution in [-0.4, -0.2) is 25.1 Å². The molecule has 0 aromatic heterocycles. The third-order valence-electron chi connectivity index (χ3n) is 3.17. The van der Waals surface area contributed by atoms with Crippen molar-refractivity contribution in [2.75, 3.05) is 13.2 Å². The fourth-order valence-corrected chi connectivity index (χ4v) is 2.16. The van der Waals surface area contributed by atoms with Crippen molar-refractivity contribution < 1.29 is 9.53 Å². The molecule has 19 heavy (non-hydrogen) atoms. The third-order valence-corrected chi connectivity index (χ3v) is 3.17. The minimum absolute atomic E-state index is 0. The Bertz CT molecular complexity index is 424. The Morgan fingerprint density at radius 1 is 1.53 bits per heavy atom. The van der Waals surface area contributed by atoms with Gasteiger partial charge in [0.05, 0.1) is 12.5 Å². The van der Waals surface area contributed by atoms with E-state index in [4.69, 9.17) is 10.5 Å². The van der Waals surface area contributed by atoms with E-state index in [1.54, 1.807) is 0 Å². The Kier molecular flexibility index (Phi) is 6.12. The van der Waals surface area contributed by atoms with Gasteiger partial charge in [-0.1, -0.05) is 18.2 Å². The molecule has 1 amide bonds. The number of nitrogens with one attached hydrogen (secondary N) is 1. The van der Waals surface area contributed by atoms with Crippen molar-refractivity contribution in [3.63, 3.8) is 0 Å². The second-order valence-electron chi connectivity index (χ2n) is 4.78. The molecule has 0 radical (unpaired) electrons. The SMILES string of the molecule is CC(N)CCNC(=O)C1CCOc2ccccc21.Cl. The molecule has 0 fully saturated rings. The van der Waals surface area contributed by atoms with E-state index in [0.29, 0.717) is 13.2 Å². The van der Waals surface area contributed by atoms with E-state index in [9.17, 15) is 4.79 Å². The highest BCUT2D eigenvalue weighted by Crippen LogP contribution is 2.33. The van der Waals surface area contributed by atoms with Crippen LogP contribution in [0.1, 0.15) is 31.2 Å². The topological polar surface area (TPSA) is 64.3 Å². The summed E-state index contributed by atoms with van der Waals surface area (Å²) in [5.41, 5.74) is 6.65. The Labute approximate surface area is 120 Å². The van der Waals surface area contributed by atoms with Crippen molar-refractivity contribution in [1.82, 2.24) is 5.32 Å². The van der Waals surface area contributed by atoms with Crippen LogP contribution >= 0.6 is 12.4 Å². The van der Waals surface area contributed by atoms with Gasteiger partial charge in [0.1, 0.15) is 5.75 Å². The Morgan fingerprint density at radius 2 is 2.26 bits per heavy atom. The molecule has 5 heteroatoms. The van der Waals surface area contributed by atoms with Gasteiger partial charge in [0.25, 0.3) is 0 Å². The molecule has 1 aromatic carbocycles. The van der Waals surface area contributed by atoms with Crippen molar-refractivity contribution in [3.8, 4) is 5.75 Å². The van der Waals surface area contributed by atoms with Crippen LogP contribution in [0.5, 0.6) is 5.75 Å². The number of halogens is 1. The average Bonchev–Trinajstić information content (AvgIpc) is 2.37. The van der Waals surface area contributed by atoms with Gasteiger partial charge >= 0.3 is 0 Å². The standard InChI is InChI=1S/C14H20N2O2.ClH/c1-10(15)6-8-16-14(17)12-7-9-18-13-5-3-2-4-11(12)13;/h2-5,10,12H,6-9,15H2,1H3,(H,16,17);1H. The second-order valence-corrected chi connectivity index (χ2v) is 4.78. The van der Waals surface area contributed by atoms with Gasteiger partial charge in [0.2, 0.25) is 5.91 Å². The maximum atomic E-state index is 12.1. The summed E-state index contributed by atoms with van der Waals surface area (Å²) >= 11 is 0. The maximum Gasteiger partial charge on any atom is 0.227 e. The summed E-state index contributed by atoms with van der Waals surface area (Å²) in [7, 11) is 0. The maximum absolute atomic E-state index is 12.1. The predicted molar refractivity (Wildman–Crippen MR) is 77.8 cm³/mol. The number of fused-ring (bicyclic) bond motifs is 1. The Balaban J connectivity index is 0.00000180. The van der Waals surface area contributed by atoms with E-state index >= 15 is 0 Å². The Morgan fingerprint density at radius 3 is 3.00 bits per heavy atom. The van der Waals surface area contributed by atoms with E-state index in [0.717, 1.165) is 24.2 Å². The minimum atomic E-state index is -0.0944. The molecule has 4 nitrogen and oxygen atoms in total. The highest BCUT2D eigenvalue weighted by atomic mass is 35.5. The number of hydrogen-bond acceptors (Lipinski definition) is 3. The van der Waals surface area contributed by atoms with Gasteiger partial charge in [-0.25, -0.2) is 0 Å². The molecule has 0 saturated heterocycles. The van der Waals surface area contributed by atoms with Crippen molar-refractivity contribution in [3.05, 3.63) is 29.8 Å². The van der Waals surface area contributed by atoms with Gasteiger partial charge in [-0.2, -0.15) is 0 Å². The molecule has 0 bridgehead atoms. The largest absolute Gasteiger partial charge is 0.493 e. The summed E-state index contributed by atoms with van der Waals surface area (Å²) in [4.78, 5) is 12.1. The van der Waals surface area contributed by atoms with Crippen LogP contribution in [0.3, 0.4) is 0 Å². The van der Waals surface area contributed by atoms with Crippen LogP contribution in [-0.2, 0) is 4.79 Å². The number of nitrogens with two attached hydrogens (primary N) is 1. The van der Waals surface area contributed by atoms with Crippen molar-refractivity contribution in [2.45, 2.75) is 31.7 Å².